The Hall–Kier alpha value is -3.30. The van der Waals surface area contributed by atoms with Gasteiger partial charge in [0.25, 0.3) is 0 Å². The van der Waals surface area contributed by atoms with Gasteiger partial charge in [-0.25, -0.2) is 9.59 Å². The van der Waals surface area contributed by atoms with E-state index in [9.17, 15) is 22.8 Å². The molecule has 0 unspecified atom stereocenters. The minimum absolute atomic E-state index is 0.190. The van der Waals surface area contributed by atoms with Crippen molar-refractivity contribution in [2.75, 3.05) is 20.3 Å². The fourth-order valence-electron chi connectivity index (χ4n) is 2.20. The maximum absolute atomic E-state index is 12.8. The molecule has 28 heavy (non-hydrogen) atoms. The predicted molar refractivity (Wildman–Crippen MR) is 93.9 cm³/mol. The first kappa shape index (κ1) is 21.0. The van der Waals surface area contributed by atoms with Gasteiger partial charge in [-0.3, -0.25) is 0 Å². The first-order chi connectivity index (χ1) is 13.2. The van der Waals surface area contributed by atoms with Crippen molar-refractivity contribution in [2.24, 2.45) is 0 Å². The number of nitrogens with zero attached hydrogens (tertiary/aromatic N) is 1. The van der Waals surface area contributed by atoms with Crippen molar-refractivity contribution in [3.05, 3.63) is 51.7 Å². The number of aromatic nitrogens is 2. The van der Waals surface area contributed by atoms with E-state index in [1.54, 1.807) is 30.1 Å². The van der Waals surface area contributed by atoms with E-state index in [4.69, 9.17) is 14.2 Å². The number of para-hydroxylation sites is 1. The Balaban J connectivity index is 2.34. The number of esters is 1. The zero-order chi connectivity index (χ0) is 20.7. The van der Waals surface area contributed by atoms with Crippen LogP contribution in [0.1, 0.15) is 23.9 Å². The van der Waals surface area contributed by atoms with E-state index in [0.29, 0.717) is 17.4 Å². The Morgan fingerprint density at radius 2 is 2.04 bits per heavy atom. The van der Waals surface area contributed by atoms with Crippen LogP contribution < -0.4 is 15.2 Å². The molecule has 150 valence electrons. The van der Waals surface area contributed by atoms with E-state index in [1.165, 1.54) is 19.3 Å². The van der Waals surface area contributed by atoms with Crippen molar-refractivity contribution in [3.8, 4) is 11.5 Å². The lowest BCUT2D eigenvalue weighted by molar-refractivity contribution is -0.145. The third kappa shape index (κ3) is 5.60. The number of nitrogens with one attached hydrogen (secondary N) is 1. The summed E-state index contributed by atoms with van der Waals surface area (Å²) < 4.78 is 53.8. The molecule has 10 heteroatoms. The zero-order valence-electron chi connectivity index (χ0n) is 15.0. The van der Waals surface area contributed by atoms with Crippen LogP contribution in [0.2, 0.25) is 0 Å². The Kier molecular flexibility index (Phi) is 6.80. The lowest BCUT2D eigenvalue weighted by Crippen LogP contribution is -2.19. The highest BCUT2D eigenvalue weighted by molar-refractivity contribution is 5.75. The summed E-state index contributed by atoms with van der Waals surface area (Å²) in [5, 5.41) is 0. The average Bonchev–Trinajstić information content (AvgIpc) is 2.63. The maximum Gasteiger partial charge on any atom is 0.431 e. The van der Waals surface area contributed by atoms with Crippen LogP contribution in [0.5, 0.6) is 11.5 Å². The normalized spacial score (nSPS) is 11.5. The van der Waals surface area contributed by atoms with Gasteiger partial charge in [-0.2, -0.15) is 18.2 Å². The molecule has 7 nitrogen and oxygen atoms in total. The molecule has 0 spiro atoms. The summed E-state index contributed by atoms with van der Waals surface area (Å²) in [4.78, 5) is 28.0. The molecule has 0 atom stereocenters. The van der Waals surface area contributed by atoms with Gasteiger partial charge >= 0.3 is 17.8 Å². The molecule has 1 N–H and O–H groups in total. The van der Waals surface area contributed by atoms with Crippen LogP contribution >= 0.6 is 0 Å². The Morgan fingerprint density at radius 3 is 2.68 bits per heavy atom. The molecule has 0 aliphatic rings. The molecule has 1 aromatic carbocycles. The highest BCUT2D eigenvalue weighted by Gasteiger charge is 2.32. The third-order valence-corrected chi connectivity index (χ3v) is 3.37. The van der Waals surface area contributed by atoms with Crippen LogP contribution in [-0.2, 0) is 15.7 Å². The van der Waals surface area contributed by atoms with Gasteiger partial charge in [-0.15, -0.1) is 0 Å². The van der Waals surface area contributed by atoms with Gasteiger partial charge in [-0.05, 0) is 31.2 Å². The van der Waals surface area contributed by atoms with E-state index < -0.39 is 23.5 Å². The largest absolute Gasteiger partial charge is 0.493 e. The summed E-state index contributed by atoms with van der Waals surface area (Å²) in [5.41, 5.74) is -2.13. The van der Waals surface area contributed by atoms with Crippen LogP contribution in [0.25, 0.3) is 12.2 Å². The molecule has 0 fully saturated rings. The van der Waals surface area contributed by atoms with Gasteiger partial charge in [0.1, 0.15) is 5.69 Å². The number of carbonyl (C=O) groups is 1. The predicted octanol–water partition coefficient (Wildman–Crippen LogP) is 2.91. The molecule has 0 amide bonds. The molecule has 1 aromatic heterocycles. The summed E-state index contributed by atoms with van der Waals surface area (Å²) in [5.74, 6) is -0.0918. The second-order valence-corrected chi connectivity index (χ2v) is 5.33. The fraction of sp³-hybridized carbons (Fsp3) is 0.278. The number of methoxy groups -OCH3 is 1. The topological polar surface area (TPSA) is 90.5 Å². The third-order valence-electron chi connectivity index (χ3n) is 3.37. The summed E-state index contributed by atoms with van der Waals surface area (Å²) in [6.07, 6.45) is -2.10. The van der Waals surface area contributed by atoms with Crippen molar-refractivity contribution < 1.29 is 32.2 Å². The number of hydrogen-bond acceptors (Lipinski definition) is 6. The molecule has 0 saturated heterocycles. The Labute approximate surface area is 157 Å². The first-order valence-corrected chi connectivity index (χ1v) is 8.06. The second-order valence-electron chi connectivity index (χ2n) is 5.33. The van der Waals surface area contributed by atoms with Crippen LogP contribution in [0.3, 0.4) is 0 Å². The summed E-state index contributed by atoms with van der Waals surface area (Å²) >= 11 is 0. The maximum atomic E-state index is 12.8. The lowest BCUT2D eigenvalue weighted by Gasteiger charge is -2.13. The summed E-state index contributed by atoms with van der Waals surface area (Å²) in [6.45, 7) is 1.46. The number of rotatable bonds is 7. The number of hydrogen-bond donors (Lipinski definition) is 1. The molecule has 0 aliphatic carbocycles. The smallest absolute Gasteiger partial charge is 0.431 e. The van der Waals surface area contributed by atoms with Gasteiger partial charge in [0.05, 0.1) is 19.4 Å². The minimum Gasteiger partial charge on any atom is -0.493 e. The van der Waals surface area contributed by atoms with E-state index in [0.717, 1.165) is 0 Å². The highest BCUT2D eigenvalue weighted by Crippen LogP contribution is 2.32. The number of H-pyrrole nitrogens is 1. The molecule has 0 radical (unpaired) electrons. The number of benzene rings is 1. The van der Waals surface area contributed by atoms with Crippen molar-refractivity contribution in [1.29, 1.82) is 0 Å². The van der Waals surface area contributed by atoms with Gasteiger partial charge < -0.3 is 19.2 Å². The number of aromatic amines is 1. The zero-order valence-corrected chi connectivity index (χ0v) is 15.0. The Morgan fingerprint density at radius 1 is 1.29 bits per heavy atom. The minimum atomic E-state index is -4.71. The summed E-state index contributed by atoms with van der Waals surface area (Å²) in [6, 6.07) is 5.52. The van der Waals surface area contributed by atoms with Gasteiger partial charge in [0.15, 0.2) is 18.1 Å². The monoisotopic (exact) mass is 398 g/mol. The first-order valence-electron chi connectivity index (χ1n) is 8.06. The van der Waals surface area contributed by atoms with Gasteiger partial charge in [-0.1, -0.05) is 12.1 Å². The molecule has 0 aliphatic heterocycles. The quantitative estimate of drug-likeness (QED) is 0.722. The molecular formula is C18H17F3N2O5. The van der Waals surface area contributed by atoms with E-state index in [-0.39, 0.29) is 24.7 Å². The van der Waals surface area contributed by atoms with Gasteiger partial charge in [0.2, 0.25) is 0 Å². The molecule has 1 heterocycles. The second kappa shape index (κ2) is 9.07. The molecule has 2 rings (SSSR count). The number of ether oxygens (including phenoxy) is 3. The fourth-order valence-corrected chi connectivity index (χ4v) is 2.20. The number of carbonyl (C=O) groups excluding carboxylic acids is 1. The van der Waals surface area contributed by atoms with Crippen molar-refractivity contribution in [1.82, 2.24) is 9.97 Å². The number of halogens is 3. The van der Waals surface area contributed by atoms with Crippen molar-refractivity contribution in [3.63, 3.8) is 0 Å². The van der Waals surface area contributed by atoms with Crippen LogP contribution in [-0.4, -0.2) is 36.3 Å². The van der Waals surface area contributed by atoms with Crippen molar-refractivity contribution >= 4 is 18.1 Å². The summed E-state index contributed by atoms with van der Waals surface area (Å²) in [7, 11) is 1.40. The van der Waals surface area contributed by atoms with Crippen LogP contribution in [0.4, 0.5) is 13.2 Å². The number of alkyl halides is 3. The van der Waals surface area contributed by atoms with Crippen LogP contribution in [0, 0.1) is 0 Å². The molecule has 2 aromatic rings. The Bertz CT molecular complexity index is 922. The SMILES string of the molecule is CCOC(=O)COc1c(/C=C/c2cc(C(F)(F)F)[nH]c(=O)n2)cccc1OC. The molecular weight excluding hydrogens is 381 g/mol. The van der Waals surface area contributed by atoms with E-state index in [2.05, 4.69) is 4.98 Å². The molecule has 0 bridgehead atoms. The van der Waals surface area contributed by atoms with E-state index >= 15 is 0 Å². The molecule has 0 saturated carbocycles. The van der Waals surface area contributed by atoms with Crippen molar-refractivity contribution in [2.45, 2.75) is 13.1 Å². The highest BCUT2D eigenvalue weighted by atomic mass is 19.4. The standard InChI is InChI=1S/C18H17F3N2O5/c1-3-27-15(24)10-28-16-11(5-4-6-13(16)26-2)7-8-12-9-14(18(19,20)21)23-17(25)22-12/h4-9H,3,10H2,1-2H3,(H,22,23,25)/b8-7+. The van der Waals surface area contributed by atoms with E-state index in [1.807, 2.05) is 0 Å². The lowest BCUT2D eigenvalue weighted by atomic mass is 10.1. The van der Waals surface area contributed by atoms with Crippen LogP contribution in [0.15, 0.2) is 29.1 Å². The van der Waals surface area contributed by atoms with Gasteiger partial charge in [0, 0.05) is 5.56 Å². The average molecular weight is 398 g/mol.